The van der Waals surface area contributed by atoms with Crippen LogP contribution in [-0.4, -0.2) is 23.2 Å². The van der Waals surface area contributed by atoms with Crippen LogP contribution in [0.1, 0.15) is 16.1 Å². The van der Waals surface area contributed by atoms with E-state index >= 15 is 0 Å². The SMILES string of the molecule is COc1cc(Cl)c(C)cc1Nc1ccnc(C(=O)O)c1. The average Bonchev–Trinajstić information content (AvgIpc) is 2.43. The fraction of sp³-hybridized carbons (Fsp3) is 0.143. The highest BCUT2D eigenvalue weighted by atomic mass is 35.5. The lowest BCUT2D eigenvalue weighted by molar-refractivity contribution is 0.0690. The summed E-state index contributed by atoms with van der Waals surface area (Å²) in [5.41, 5.74) is 2.18. The predicted octanol–water partition coefficient (Wildman–Crippen LogP) is 3.49. The lowest BCUT2D eigenvalue weighted by Gasteiger charge is -2.13. The van der Waals surface area contributed by atoms with E-state index in [1.54, 1.807) is 19.2 Å². The van der Waals surface area contributed by atoms with Gasteiger partial charge in [-0.05, 0) is 30.7 Å². The molecule has 0 radical (unpaired) electrons. The summed E-state index contributed by atoms with van der Waals surface area (Å²) in [6, 6.07) is 6.67. The van der Waals surface area contributed by atoms with Crippen LogP contribution in [0.4, 0.5) is 11.4 Å². The number of aromatic nitrogens is 1. The summed E-state index contributed by atoms with van der Waals surface area (Å²) in [4.78, 5) is 14.7. The summed E-state index contributed by atoms with van der Waals surface area (Å²) in [6.07, 6.45) is 1.43. The van der Waals surface area contributed by atoms with E-state index in [4.69, 9.17) is 21.4 Å². The Bertz CT molecular complexity index is 659. The quantitative estimate of drug-likeness (QED) is 0.902. The Balaban J connectivity index is 2.36. The van der Waals surface area contributed by atoms with E-state index in [9.17, 15) is 4.79 Å². The summed E-state index contributed by atoms with van der Waals surface area (Å²) < 4.78 is 5.25. The monoisotopic (exact) mass is 292 g/mol. The van der Waals surface area contributed by atoms with Gasteiger partial charge in [0.05, 0.1) is 12.8 Å². The van der Waals surface area contributed by atoms with Crippen LogP contribution < -0.4 is 10.1 Å². The van der Waals surface area contributed by atoms with Crippen molar-refractivity contribution in [2.45, 2.75) is 6.92 Å². The van der Waals surface area contributed by atoms with E-state index in [-0.39, 0.29) is 5.69 Å². The van der Waals surface area contributed by atoms with Crippen molar-refractivity contribution in [2.75, 3.05) is 12.4 Å². The number of methoxy groups -OCH3 is 1. The standard InChI is InChI=1S/C14H13ClN2O3/c1-8-5-11(13(20-2)7-10(8)15)17-9-3-4-16-12(6-9)14(18)19/h3-7H,1-2H3,(H,16,17)(H,18,19). The lowest BCUT2D eigenvalue weighted by atomic mass is 10.2. The van der Waals surface area contributed by atoms with Gasteiger partial charge in [-0.1, -0.05) is 11.6 Å². The van der Waals surface area contributed by atoms with Crippen molar-refractivity contribution in [3.63, 3.8) is 0 Å². The number of benzene rings is 1. The van der Waals surface area contributed by atoms with Crippen molar-refractivity contribution in [1.29, 1.82) is 0 Å². The normalized spacial score (nSPS) is 10.2. The molecule has 2 aromatic rings. The molecule has 2 rings (SSSR count). The van der Waals surface area contributed by atoms with Crippen molar-refractivity contribution in [1.82, 2.24) is 4.98 Å². The molecule has 1 aromatic carbocycles. The Morgan fingerprint density at radius 3 is 2.80 bits per heavy atom. The third-order valence-electron chi connectivity index (χ3n) is 2.74. The van der Waals surface area contributed by atoms with Gasteiger partial charge >= 0.3 is 5.97 Å². The second kappa shape index (κ2) is 5.79. The second-order valence-electron chi connectivity index (χ2n) is 4.16. The van der Waals surface area contributed by atoms with Crippen LogP contribution in [0.5, 0.6) is 5.75 Å². The molecule has 0 atom stereocenters. The zero-order chi connectivity index (χ0) is 14.7. The van der Waals surface area contributed by atoms with Crippen molar-refractivity contribution >= 4 is 28.9 Å². The number of halogens is 1. The molecule has 0 saturated carbocycles. The average molecular weight is 293 g/mol. The van der Waals surface area contributed by atoms with Gasteiger partial charge in [0.25, 0.3) is 0 Å². The molecule has 0 fully saturated rings. The van der Waals surface area contributed by atoms with Gasteiger partial charge in [-0.3, -0.25) is 0 Å². The molecule has 1 aromatic heterocycles. The number of nitrogens with zero attached hydrogens (tertiary/aromatic N) is 1. The molecule has 5 nitrogen and oxygen atoms in total. The number of carbonyl (C=O) groups is 1. The molecule has 1 heterocycles. The first kappa shape index (κ1) is 14.1. The molecule has 0 spiro atoms. The highest BCUT2D eigenvalue weighted by Gasteiger charge is 2.09. The van der Waals surface area contributed by atoms with E-state index in [0.717, 1.165) is 5.56 Å². The van der Waals surface area contributed by atoms with E-state index < -0.39 is 5.97 Å². The zero-order valence-corrected chi connectivity index (χ0v) is 11.7. The van der Waals surface area contributed by atoms with Gasteiger partial charge in [0.2, 0.25) is 0 Å². The van der Waals surface area contributed by atoms with E-state index in [0.29, 0.717) is 22.1 Å². The number of carboxylic acids is 1. The zero-order valence-electron chi connectivity index (χ0n) is 11.0. The molecule has 20 heavy (non-hydrogen) atoms. The summed E-state index contributed by atoms with van der Waals surface area (Å²) in [6.45, 7) is 1.88. The Hall–Kier alpha value is -2.27. The smallest absolute Gasteiger partial charge is 0.354 e. The van der Waals surface area contributed by atoms with Crippen molar-refractivity contribution in [3.8, 4) is 5.75 Å². The maximum Gasteiger partial charge on any atom is 0.354 e. The fourth-order valence-electron chi connectivity index (χ4n) is 1.71. The lowest BCUT2D eigenvalue weighted by Crippen LogP contribution is -2.02. The molecule has 6 heteroatoms. The number of pyridine rings is 1. The number of ether oxygens (including phenoxy) is 1. The molecular weight excluding hydrogens is 280 g/mol. The van der Waals surface area contributed by atoms with Crippen molar-refractivity contribution in [2.24, 2.45) is 0 Å². The number of aromatic carboxylic acids is 1. The summed E-state index contributed by atoms with van der Waals surface area (Å²) in [5.74, 6) is -0.498. The van der Waals surface area contributed by atoms with E-state index in [1.807, 2.05) is 13.0 Å². The highest BCUT2D eigenvalue weighted by molar-refractivity contribution is 6.31. The van der Waals surface area contributed by atoms with E-state index in [2.05, 4.69) is 10.3 Å². The van der Waals surface area contributed by atoms with Gasteiger partial charge in [-0.2, -0.15) is 0 Å². The molecule has 104 valence electrons. The molecule has 0 aliphatic carbocycles. The van der Waals surface area contributed by atoms with Crippen LogP contribution in [0, 0.1) is 6.92 Å². The number of hydrogen-bond donors (Lipinski definition) is 2. The summed E-state index contributed by atoms with van der Waals surface area (Å²) >= 11 is 6.04. The van der Waals surface area contributed by atoms with Gasteiger partial charge in [-0.15, -0.1) is 0 Å². The minimum absolute atomic E-state index is 0.0281. The maximum absolute atomic E-state index is 10.9. The molecule has 2 N–H and O–H groups in total. The first-order valence-corrected chi connectivity index (χ1v) is 6.19. The molecule has 0 unspecified atom stereocenters. The van der Waals surface area contributed by atoms with E-state index in [1.165, 1.54) is 12.3 Å². The fourth-order valence-corrected chi connectivity index (χ4v) is 1.86. The minimum atomic E-state index is -1.08. The highest BCUT2D eigenvalue weighted by Crippen LogP contribution is 2.33. The van der Waals surface area contributed by atoms with Gasteiger partial charge in [0.15, 0.2) is 0 Å². The molecule has 0 amide bonds. The number of hydrogen-bond acceptors (Lipinski definition) is 4. The predicted molar refractivity (Wildman–Crippen MR) is 77.2 cm³/mol. The van der Waals surface area contributed by atoms with Crippen LogP contribution in [0.15, 0.2) is 30.5 Å². The molecular formula is C14H13ClN2O3. The number of rotatable bonds is 4. The van der Waals surface area contributed by atoms with Gasteiger partial charge in [0.1, 0.15) is 11.4 Å². The third-order valence-corrected chi connectivity index (χ3v) is 3.15. The Labute approximate surface area is 121 Å². The van der Waals surface area contributed by atoms with Gasteiger partial charge < -0.3 is 15.2 Å². The Morgan fingerprint density at radius 2 is 2.15 bits per heavy atom. The topological polar surface area (TPSA) is 71.5 Å². The number of aryl methyl sites for hydroxylation is 1. The molecule has 0 aliphatic rings. The van der Waals surface area contributed by atoms with Crippen LogP contribution in [0.25, 0.3) is 0 Å². The Morgan fingerprint density at radius 1 is 1.40 bits per heavy atom. The van der Waals surface area contributed by atoms with Gasteiger partial charge in [-0.25, -0.2) is 9.78 Å². The molecule has 0 saturated heterocycles. The largest absolute Gasteiger partial charge is 0.495 e. The third kappa shape index (κ3) is 3.00. The molecule has 0 aliphatic heterocycles. The maximum atomic E-state index is 10.9. The van der Waals surface area contributed by atoms with Crippen LogP contribution in [0.3, 0.4) is 0 Å². The minimum Gasteiger partial charge on any atom is -0.495 e. The first-order valence-electron chi connectivity index (χ1n) is 5.81. The second-order valence-corrected chi connectivity index (χ2v) is 4.57. The first-order chi connectivity index (χ1) is 9.51. The summed E-state index contributed by atoms with van der Waals surface area (Å²) in [7, 11) is 1.54. The van der Waals surface area contributed by atoms with Crippen molar-refractivity contribution < 1.29 is 14.6 Å². The number of nitrogens with one attached hydrogen (secondary N) is 1. The van der Waals surface area contributed by atoms with Crippen LogP contribution >= 0.6 is 11.6 Å². The van der Waals surface area contributed by atoms with Crippen LogP contribution in [-0.2, 0) is 0 Å². The Kier molecular flexibility index (Phi) is 4.10. The van der Waals surface area contributed by atoms with Crippen LogP contribution in [0.2, 0.25) is 5.02 Å². The van der Waals surface area contributed by atoms with Crippen molar-refractivity contribution in [3.05, 3.63) is 46.7 Å². The molecule has 0 bridgehead atoms. The van der Waals surface area contributed by atoms with Gasteiger partial charge in [0, 0.05) is 23.0 Å². The summed E-state index contributed by atoms with van der Waals surface area (Å²) in [5, 5.41) is 12.6. The number of carboxylic acid groups (broad SMARTS) is 1. The number of anilines is 2.